The van der Waals surface area contributed by atoms with Crippen LogP contribution in [-0.4, -0.2) is 84.7 Å². The molecule has 0 bridgehead atoms. The van der Waals surface area contributed by atoms with Gasteiger partial charge >= 0.3 is 0 Å². The fraction of sp³-hybridized carbons (Fsp3) is 0.407. The van der Waals surface area contributed by atoms with E-state index in [0.717, 1.165) is 5.69 Å². The molecule has 13 heteroatoms. The molecule has 6 atom stereocenters. The van der Waals surface area contributed by atoms with Gasteiger partial charge in [0.2, 0.25) is 5.78 Å². The Hall–Kier alpha value is -3.78. The molecule has 3 unspecified atom stereocenters. The molecule has 0 aliphatic heterocycles. The van der Waals surface area contributed by atoms with Gasteiger partial charge in [0, 0.05) is 16.9 Å². The van der Waals surface area contributed by atoms with Gasteiger partial charge in [0.05, 0.1) is 35.0 Å². The van der Waals surface area contributed by atoms with Crippen LogP contribution in [0, 0.1) is 11.8 Å². The summed E-state index contributed by atoms with van der Waals surface area (Å²) in [5.41, 5.74) is 2.37. The fourth-order valence-corrected chi connectivity index (χ4v) is 7.17. The molecule has 5 rings (SSSR count). The van der Waals surface area contributed by atoms with Crippen molar-refractivity contribution >= 4 is 45.4 Å². The SMILES string of the molecule is CCc1csc(Nc2ccc3c(c2O)C(O)=C2C(=O)[C@]4(O)C(O)=C(C(N)=O)C(=O)[C@@H](N(C)C)C4C(O)C2[C@H]3C)n1. The maximum atomic E-state index is 14.0. The number of nitrogens with one attached hydrogen (secondary N) is 1. The quantitative estimate of drug-likeness (QED) is 0.201. The van der Waals surface area contributed by atoms with Gasteiger partial charge in [-0.05, 0) is 38.1 Å². The number of nitrogens with two attached hydrogens (primary N) is 1. The second-order valence-corrected chi connectivity index (χ2v) is 11.5. The number of aliphatic hydroxyl groups excluding tert-OH is 3. The molecule has 40 heavy (non-hydrogen) atoms. The van der Waals surface area contributed by atoms with Crippen LogP contribution >= 0.6 is 11.3 Å². The third-order valence-corrected chi connectivity index (χ3v) is 9.09. The number of carbonyl (C=O) groups is 3. The number of likely N-dealkylation sites (N-methyl/N-ethyl adjacent to an activating group) is 1. The molecule has 1 aromatic heterocycles. The van der Waals surface area contributed by atoms with Gasteiger partial charge < -0.3 is 36.6 Å². The fourth-order valence-electron chi connectivity index (χ4n) is 6.36. The molecule has 0 saturated heterocycles. The van der Waals surface area contributed by atoms with Gasteiger partial charge in [-0.25, -0.2) is 4.98 Å². The van der Waals surface area contributed by atoms with Crippen molar-refractivity contribution in [1.82, 2.24) is 9.88 Å². The van der Waals surface area contributed by atoms with E-state index in [1.54, 1.807) is 19.1 Å². The topological polar surface area (TPSA) is 207 Å². The maximum absolute atomic E-state index is 14.0. The van der Waals surface area contributed by atoms with E-state index in [1.807, 2.05) is 12.3 Å². The molecule has 3 aliphatic rings. The summed E-state index contributed by atoms with van der Waals surface area (Å²) < 4.78 is 0. The number of phenolic OH excluding ortho intramolecular Hbond substituents is 1. The minimum Gasteiger partial charge on any atom is -0.508 e. The Kier molecular flexibility index (Phi) is 6.53. The first-order valence-corrected chi connectivity index (χ1v) is 13.5. The molecule has 212 valence electrons. The zero-order valence-corrected chi connectivity index (χ0v) is 23.0. The van der Waals surface area contributed by atoms with Crippen molar-refractivity contribution in [2.75, 3.05) is 19.4 Å². The summed E-state index contributed by atoms with van der Waals surface area (Å²) in [7, 11) is 2.92. The summed E-state index contributed by atoms with van der Waals surface area (Å²) in [6.45, 7) is 3.63. The monoisotopic (exact) mass is 570 g/mol. The minimum absolute atomic E-state index is 0.0896. The number of fused-ring (bicyclic) bond motifs is 3. The number of ketones is 2. The van der Waals surface area contributed by atoms with Gasteiger partial charge in [-0.3, -0.25) is 19.3 Å². The van der Waals surface area contributed by atoms with Crippen LogP contribution in [0.15, 0.2) is 34.4 Å². The Balaban J connectivity index is 1.71. The summed E-state index contributed by atoms with van der Waals surface area (Å²) in [4.78, 5) is 45.1. The van der Waals surface area contributed by atoms with Crippen LogP contribution in [0.25, 0.3) is 5.76 Å². The summed E-state index contributed by atoms with van der Waals surface area (Å²) in [6, 6.07) is 1.83. The van der Waals surface area contributed by atoms with Crippen LogP contribution in [0.4, 0.5) is 10.8 Å². The van der Waals surface area contributed by atoms with E-state index in [2.05, 4.69) is 10.3 Å². The standard InChI is InChI=1S/C27H30N4O8S/c1-5-10-8-40-26(29-10)30-12-7-6-11-9(2)13-15(20(33)14(11)19(12)32)23(36)27(39)17(21(13)34)18(31(3)4)22(35)16(24(27)37)25(28)38/h6-9,13,17-18,21,32-34,37,39H,5H2,1-4H3,(H2,28,38)(H,29,30)/t9-,13?,17?,18-,21?,27-/m0/s1. The number of thiazole rings is 1. The summed E-state index contributed by atoms with van der Waals surface area (Å²) in [5, 5.41) is 62.4. The lowest BCUT2D eigenvalue weighted by Crippen LogP contribution is -2.70. The molecule has 2 aromatic rings. The third-order valence-electron chi connectivity index (χ3n) is 8.29. The Labute approximate surface area is 233 Å². The van der Waals surface area contributed by atoms with Crippen molar-refractivity contribution in [2.24, 2.45) is 17.6 Å². The number of Topliss-reactive ketones (excluding diaryl/α,β-unsaturated/α-hetero) is 2. The number of aliphatic hydroxyl groups is 4. The zero-order valence-electron chi connectivity index (χ0n) is 22.2. The van der Waals surface area contributed by atoms with Crippen LogP contribution in [0.2, 0.25) is 0 Å². The van der Waals surface area contributed by atoms with Crippen molar-refractivity contribution in [3.63, 3.8) is 0 Å². The van der Waals surface area contributed by atoms with Crippen molar-refractivity contribution in [3.8, 4) is 5.75 Å². The molecule has 1 amide bonds. The smallest absolute Gasteiger partial charge is 0.255 e. The average Bonchev–Trinajstić information content (AvgIpc) is 3.34. The predicted octanol–water partition coefficient (Wildman–Crippen LogP) is 1.26. The van der Waals surface area contributed by atoms with E-state index in [1.165, 1.54) is 30.3 Å². The van der Waals surface area contributed by atoms with Gasteiger partial charge in [-0.15, -0.1) is 11.3 Å². The molecule has 1 fully saturated rings. The van der Waals surface area contributed by atoms with Crippen LogP contribution in [0.5, 0.6) is 5.75 Å². The third kappa shape index (κ3) is 3.61. The lowest BCUT2D eigenvalue weighted by atomic mass is 9.54. The van der Waals surface area contributed by atoms with E-state index >= 15 is 0 Å². The van der Waals surface area contributed by atoms with Crippen LogP contribution in [0.3, 0.4) is 0 Å². The Morgan fingerprint density at radius 3 is 2.48 bits per heavy atom. The zero-order chi connectivity index (χ0) is 29.4. The summed E-state index contributed by atoms with van der Waals surface area (Å²) in [5.74, 6) is -9.26. The normalized spacial score (nSPS) is 29.8. The number of phenols is 1. The number of aromatic nitrogens is 1. The lowest BCUT2D eigenvalue weighted by Gasteiger charge is -2.53. The molecule has 0 radical (unpaired) electrons. The first-order chi connectivity index (χ1) is 18.8. The Morgan fingerprint density at radius 2 is 1.90 bits per heavy atom. The predicted molar refractivity (Wildman–Crippen MR) is 145 cm³/mol. The van der Waals surface area contributed by atoms with E-state index in [-0.39, 0.29) is 17.0 Å². The number of benzene rings is 1. The van der Waals surface area contributed by atoms with Crippen molar-refractivity contribution in [3.05, 3.63) is 51.2 Å². The summed E-state index contributed by atoms with van der Waals surface area (Å²) in [6.07, 6.45) is -0.924. The highest BCUT2D eigenvalue weighted by Gasteiger charge is 2.68. The number of carbonyl (C=O) groups excluding carboxylic acids is 3. The highest BCUT2D eigenvalue weighted by atomic mass is 32.1. The number of aromatic hydroxyl groups is 1. The van der Waals surface area contributed by atoms with Crippen molar-refractivity contribution in [2.45, 2.75) is 43.9 Å². The number of rotatable bonds is 5. The highest BCUT2D eigenvalue weighted by Crippen LogP contribution is 2.56. The molecule has 8 N–H and O–H groups in total. The van der Waals surface area contributed by atoms with Gasteiger partial charge in [-0.2, -0.15) is 0 Å². The second-order valence-electron chi connectivity index (χ2n) is 10.6. The van der Waals surface area contributed by atoms with Gasteiger partial charge in [0.25, 0.3) is 5.91 Å². The van der Waals surface area contributed by atoms with E-state index in [4.69, 9.17) is 5.73 Å². The van der Waals surface area contributed by atoms with Gasteiger partial charge in [0.1, 0.15) is 22.8 Å². The molecule has 3 aliphatic carbocycles. The molecule has 0 spiro atoms. The molecule has 1 heterocycles. The molecule has 12 nitrogen and oxygen atoms in total. The largest absolute Gasteiger partial charge is 0.508 e. The van der Waals surface area contributed by atoms with Gasteiger partial charge in [0.15, 0.2) is 16.5 Å². The highest BCUT2D eigenvalue weighted by molar-refractivity contribution is 7.13. The Morgan fingerprint density at radius 1 is 1.23 bits per heavy atom. The number of hydrogen-bond donors (Lipinski definition) is 7. The van der Waals surface area contributed by atoms with Crippen molar-refractivity contribution < 1.29 is 39.9 Å². The number of amides is 1. The Bertz CT molecular complexity index is 1530. The molecule has 1 aromatic carbocycles. The van der Waals surface area contributed by atoms with Crippen LogP contribution in [-0.2, 0) is 20.8 Å². The molecular formula is C27H30N4O8S. The van der Waals surface area contributed by atoms with Crippen LogP contribution in [0.1, 0.15) is 36.6 Å². The first kappa shape index (κ1) is 27.8. The number of aryl methyl sites for hydroxylation is 1. The second kappa shape index (κ2) is 9.41. The number of nitrogens with zero attached hydrogens (tertiary/aromatic N) is 2. The summed E-state index contributed by atoms with van der Waals surface area (Å²) >= 11 is 1.32. The van der Waals surface area contributed by atoms with E-state index in [9.17, 15) is 39.9 Å². The average molecular weight is 571 g/mol. The maximum Gasteiger partial charge on any atom is 0.255 e. The van der Waals surface area contributed by atoms with E-state index < -0.39 is 75.6 Å². The van der Waals surface area contributed by atoms with Gasteiger partial charge in [-0.1, -0.05) is 19.9 Å². The van der Waals surface area contributed by atoms with E-state index in [0.29, 0.717) is 17.1 Å². The minimum atomic E-state index is -2.95. The lowest BCUT2D eigenvalue weighted by molar-refractivity contribution is -0.169. The number of hydrogen-bond acceptors (Lipinski definition) is 12. The first-order valence-electron chi connectivity index (χ1n) is 12.7. The van der Waals surface area contributed by atoms with Crippen molar-refractivity contribution in [1.29, 1.82) is 0 Å². The van der Waals surface area contributed by atoms with Crippen LogP contribution < -0.4 is 11.1 Å². The number of anilines is 2. The molecular weight excluding hydrogens is 540 g/mol. The number of primary amides is 1. The molecule has 1 saturated carbocycles.